The molecule has 3 N–H and O–H groups in total. The van der Waals surface area contributed by atoms with Crippen molar-refractivity contribution in [2.75, 3.05) is 40.7 Å². The number of carbonyl (C=O) groups is 4. The SMILES string of the molecule is CC.CN.COCC1=C(C(=O)C(C)OC(=O)OC)N2C(=O)C(NC(=O)/C(=N/OC)c3cncs3)C2SC1. The molecule has 2 amide bonds. The molecule has 0 radical (unpaired) electrons. The topological polar surface area (TPSA) is 172 Å². The Morgan fingerprint density at radius 1 is 1.27 bits per heavy atom. The van der Waals surface area contributed by atoms with E-state index in [1.165, 1.54) is 62.4 Å². The molecule has 2 aliphatic heterocycles. The van der Waals surface area contributed by atoms with Crippen LogP contribution in [0.2, 0.25) is 0 Å². The molecule has 1 fully saturated rings. The summed E-state index contributed by atoms with van der Waals surface area (Å²) < 4.78 is 14.6. The maximum absolute atomic E-state index is 13.1. The highest BCUT2D eigenvalue weighted by molar-refractivity contribution is 8.00. The van der Waals surface area contributed by atoms with E-state index in [9.17, 15) is 19.2 Å². The van der Waals surface area contributed by atoms with Gasteiger partial charge in [-0.05, 0) is 19.5 Å². The Balaban J connectivity index is 0.00000163. The van der Waals surface area contributed by atoms with Crippen LogP contribution in [0.25, 0.3) is 0 Å². The number of rotatable bonds is 9. The van der Waals surface area contributed by atoms with Crippen LogP contribution in [0.1, 0.15) is 25.6 Å². The smallest absolute Gasteiger partial charge is 0.438 e. The highest BCUT2D eigenvalue weighted by Crippen LogP contribution is 2.41. The van der Waals surface area contributed by atoms with E-state index in [2.05, 4.69) is 25.9 Å². The van der Waals surface area contributed by atoms with Gasteiger partial charge in [-0.3, -0.25) is 24.3 Å². The zero-order valence-corrected chi connectivity index (χ0v) is 23.4. The number of ether oxygens (including phenoxy) is 3. The number of nitrogens with zero attached hydrogens (tertiary/aromatic N) is 3. The van der Waals surface area contributed by atoms with Gasteiger partial charge in [-0.25, -0.2) is 4.79 Å². The number of thiazole rings is 1. The standard InChI is InChI=1S/C19H22N4O8S2.C2H6.CH5N/c1-9(31-19(27)29-3)15(24)14-10(6-28-2)7-32-18-13(17(26)23(14)18)21-16(25)12(22-30-4)11-5-20-8-33-11;2*1-2/h5,8-9,13,18H,6-7H2,1-4H3,(H,21,25);1-2H3;2H2,1H3/b22-12+;;. The molecule has 3 unspecified atom stereocenters. The first-order chi connectivity index (χ1) is 17.8. The van der Waals surface area contributed by atoms with Crippen molar-refractivity contribution in [2.24, 2.45) is 10.9 Å². The number of hydrogen-bond acceptors (Lipinski definition) is 13. The molecule has 37 heavy (non-hydrogen) atoms. The van der Waals surface area contributed by atoms with Crippen LogP contribution >= 0.6 is 23.1 Å². The van der Waals surface area contributed by atoms with Gasteiger partial charge >= 0.3 is 6.16 Å². The zero-order valence-electron chi connectivity index (χ0n) is 21.8. The summed E-state index contributed by atoms with van der Waals surface area (Å²) in [7, 11) is 5.40. The van der Waals surface area contributed by atoms with Gasteiger partial charge in [0.25, 0.3) is 11.8 Å². The van der Waals surface area contributed by atoms with E-state index in [0.29, 0.717) is 16.2 Å². The highest BCUT2D eigenvalue weighted by Gasteiger charge is 2.54. The van der Waals surface area contributed by atoms with Crippen LogP contribution in [0, 0.1) is 0 Å². The number of thioether (sulfide) groups is 1. The van der Waals surface area contributed by atoms with Gasteiger partial charge < -0.3 is 30.1 Å². The fourth-order valence-electron chi connectivity index (χ4n) is 3.28. The van der Waals surface area contributed by atoms with Gasteiger partial charge in [0.1, 0.15) is 18.5 Å². The van der Waals surface area contributed by atoms with Gasteiger partial charge in [-0.15, -0.1) is 23.1 Å². The molecule has 13 nitrogen and oxygen atoms in total. The molecule has 0 aliphatic carbocycles. The summed E-state index contributed by atoms with van der Waals surface area (Å²) in [5.74, 6) is -1.28. The van der Waals surface area contributed by atoms with E-state index in [4.69, 9.17) is 14.3 Å². The molecule has 1 saturated heterocycles. The number of β-lactam (4-membered cyclic amide) rings is 1. The first-order valence-electron chi connectivity index (χ1n) is 11.2. The van der Waals surface area contributed by atoms with Gasteiger partial charge in [0, 0.05) is 19.1 Å². The quantitative estimate of drug-likeness (QED) is 0.192. The molecule has 15 heteroatoms. The molecular weight excluding hydrogens is 526 g/mol. The predicted octanol–water partition coefficient (Wildman–Crippen LogP) is 1.14. The third kappa shape index (κ3) is 7.50. The molecular formula is C22H33N5O8S2. The fourth-order valence-corrected chi connectivity index (χ4v) is 5.20. The lowest BCUT2D eigenvalue weighted by Gasteiger charge is -2.50. The number of methoxy groups -OCH3 is 2. The molecule has 3 rings (SSSR count). The summed E-state index contributed by atoms with van der Waals surface area (Å²) >= 11 is 2.57. The minimum Gasteiger partial charge on any atom is -0.438 e. The molecule has 0 saturated carbocycles. The number of hydrogen-bond donors (Lipinski definition) is 2. The van der Waals surface area contributed by atoms with Crippen molar-refractivity contribution in [3.63, 3.8) is 0 Å². The summed E-state index contributed by atoms with van der Waals surface area (Å²) in [5, 5.41) is 5.88. The zero-order chi connectivity index (χ0) is 28.1. The van der Waals surface area contributed by atoms with Crippen molar-refractivity contribution >= 4 is 52.6 Å². The van der Waals surface area contributed by atoms with Crippen LogP contribution < -0.4 is 11.1 Å². The Bertz CT molecular complexity index is 999. The maximum Gasteiger partial charge on any atom is 0.508 e. The Hall–Kier alpha value is -3.01. The lowest BCUT2D eigenvalue weighted by molar-refractivity contribution is -0.147. The molecule has 2 aliphatic rings. The average Bonchev–Trinajstić information content (AvgIpc) is 3.46. The van der Waals surface area contributed by atoms with Crippen LogP contribution in [0.4, 0.5) is 4.79 Å². The number of carbonyl (C=O) groups excluding carboxylic acids is 4. The summed E-state index contributed by atoms with van der Waals surface area (Å²) in [6.07, 6.45) is -0.734. The molecule has 206 valence electrons. The van der Waals surface area contributed by atoms with E-state index >= 15 is 0 Å². The third-order valence-corrected chi connectivity index (χ3v) is 6.88. The van der Waals surface area contributed by atoms with Crippen LogP contribution in [-0.2, 0) is 33.4 Å². The van der Waals surface area contributed by atoms with Crippen molar-refractivity contribution in [2.45, 2.75) is 38.3 Å². The van der Waals surface area contributed by atoms with Gasteiger partial charge in [0.05, 0.1) is 29.8 Å². The molecule has 3 atom stereocenters. The largest absolute Gasteiger partial charge is 0.508 e. The second kappa shape index (κ2) is 16.0. The monoisotopic (exact) mass is 559 g/mol. The molecule has 0 spiro atoms. The second-order valence-electron chi connectivity index (χ2n) is 6.81. The first kappa shape index (κ1) is 32.0. The minimum absolute atomic E-state index is 0.0147. The summed E-state index contributed by atoms with van der Waals surface area (Å²) in [6.45, 7) is 5.50. The molecule has 0 bridgehead atoms. The first-order valence-corrected chi connectivity index (χ1v) is 13.1. The number of Topliss-reactive ketones (excluding diaryl/α,β-unsaturated/α-hetero) is 1. The molecule has 1 aromatic rings. The van der Waals surface area contributed by atoms with Crippen LogP contribution in [-0.4, -0.2) is 97.6 Å². The normalized spacial score (nSPS) is 19.1. The highest BCUT2D eigenvalue weighted by atomic mass is 32.2. The van der Waals surface area contributed by atoms with Crippen LogP contribution in [0.15, 0.2) is 28.1 Å². The van der Waals surface area contributed by atoms with Crippen molar-refractivity contribution in [1.82, 2.24) is 15.2 Å². The Morgan fingerprint density at radius 2 is 1.95 bits per heavy atom. The number of aromatic nitrogens is 1. The summed E-state index contributed by atoms with van der Waals surface area (Å²) in [5.41, 5.74) is 6.70. The number of oxime groups is 1. The number of ketones is 1. The van der Waals surface area contributed by atoms with Crippen molar-refractivity contribution < 1.29 is 38.2 Å². The number of amides is 2. The Morgan fingerprint density at radius 3 is 2.49 bits per heavy atom. The predicted molar refractivity (Wildman–Crippen MR) is 139 cm³/mol. The van der Waals surface area contributed by atoms with E-state index in [1.54, 1.807) is 5.51 Å². The molecule has 1 aromatic heterocycles. The van der Waals surface area contributed by atoms with E-state index in [1.807, 2.05) is 13.8 Å². The number of nitrogens with one attached hydrogen (secondary N) is 1. The Kier molecular flexibility index (Phi) is 13.8. The Labute approximate surface area is 223 Å². The third-order valence-electron chi connectivity index (χ3n) is 4.76. The average molecular weight is 560 g/mol. The number of fused-ring (bicyclic) bond motifs is 1. The van der Waals surface area contributed by atoms with Crippen molar-refractivity contribution in [1.29, 1.82) is 0 Å². The summed E-state index contributed by atoms with van der Waals surface area (Å²) in [4.78, 5) is 60.8. The number of nitrogens with two attached hydrogens (primary N) is 1. The van der Waals surface area contributed by atoms with Gasteiger partial charge in [0.2, 0.25) is 5.78 Å². The second-order valence-corrected chi connectivity index (χ2v) is 8.80. The van der Waals surface area contributed by atoms with Crippen molar-refractivity contribution in [3.8, 4) is 0 Å². The lowest BCUT2D eigenvalue weighted by atomic mass is 9.98. The van der Waals surface area contributed by atoms with Gasteiger partial charge in [-0.2, -0.15) is 0 Å². The van der Waals surface area contributed by atoms with Gasteiger partial charge in [-0.1, -0.05) is 19.0 Å². The van der Waals surface area contributed by atoms with Crippen LogP contribution in [0.3, 0.4) is 0 Å². The van der Waals surface area contributed by atoms with E-state index < -0.39 is 41.3 Å². The molecule has 3 heterocycles. The molecule has 0 aromatic carbocycles. The fraction of sp³-hybridized carbons (Fsp3) is 0.545. The van der Waals surface area contributed by atoms with E-state index in [-0.39, 0.29) is 18.0 Å². The maximum atomic E-state index is 13.1. The van der Waals surface area contributed by atoms with E-state index in [0.717, 1.165) is 7.11 Å². The van der Waals surface area contributed by atoms with Crippen LogP contribution in [0.5, 0.6) is 0 Å². The summed E-state index contributed by atoms with van der Waals surface area (Å²) in [6, 6.07) is -0.888. The minimum atomic E-state index is -1.18. The lowest BCUT2D eigenvalue weighted by Crippen LogP contribution is -2.71. The van der Waals surface area contributed by atoms with Gasteiger partial charge in [0.15, 0.2) is 11.8 Å². The van der Waals surface area contributed by atoms with Crippen molar-refractivity contribution in [3.05, 3.63) is 27.9 Å².